The Morgan fingerprint density at radius 1 is 0.610 bits per heavy atom. The van der Waals surface area contributed by atoms with E-state index in [-0.39, 0.29) is 41.8 Å². The van der Waals surface area contributed by atoms with E-state index in [1.165, 1.54) is 24.3 Å². The molecule has 41 heavy (non-hydrogen) atoms. The summed E-state index contributed by atoms with van der Waals surface area (Å²) >= 11 is 10.1. The van der Waals surface area contributed by atoms with Crippen LogP contribution in [0.4, 0.5) is 20.2 Å². The van der Waals surface area contributed by atoms with Gasteiger partial charge in [0, 0.05) is 22.7 Å². The first-order chi connectivity index (χ1) is 19.3. The van der Waals surface area contributed by atoms with Crippen molar-refractivity contribution in [2.75, 3.05) is 0 Å². The first kappa shape index (κ1) is 33.2. The predicted molar refractivity (Wildman–Crippen MR) is 167 cm³/mol. The molecule has 0 aliphatic carbocycles. The summed E-state index contributed by atoms with van der Waals surface area (Å²) in [5.41, 5.74) is 9.36. The minimum atomic E-state index is -0.313. The van der Waals surface area contributed by atoms with Gasteiger partial charge < -0.3 is 25.3 Å². The molecule has 0 unspecified atom stereocenters. The Balaban J connectivity index is 0.000000280. The molecule has 0 spiro atoms. The van der Waals surface area contributed by atoms with Crippen LogP contribution in [0.15, 0.2) is 118 Å². The molecule has 0 fully saturated rings. The second-order valence-corrected chi connectivity index (χ2v) is 8.61. The molecule has 2 aromatic heterocycles. The van der Waals surface area contributed by atoms with Gasteiger partial charge in [-0.1, -0.05) is 12.1 Å². The number of aliphatic imine (C=N–C) groups is 2. The number of hydrogen-bond donors (Lipinski definition) is 2. The summed E-state index contributed by atoms with van der Waals surface area (Å²) in [5.74, 6) is -0.626. The largest absolute Gasteiger partial charge is 3.00 e. The summed E-state index contributed by atoms with van der Waals surface area (Å²) in [5, 5.41) is 8.61. The Kier molecular flexibility index (Phi) is 14.2. The fourth-order valence-corrected chi connectivity index (χ4v) is 3.15. The molecule has 8 nitrogen and oxygen atoms in total. The Morgan fingerprint density at radius 2 is 0.976 bits per heavy atom. The Hall–Kier alpha value is -4.04. The third kappa shape index (κ3) is 12.3. The molecule has 2 heterocycles. The molecule has 0 amide bonds. The van der Waals surface area contributed by atoms with E-state index < -0.39 is 0 Å². The fourth-order valence-electron chi connectivity index (χ4n) is 2.85. The van der Waals surface area contributed by atoms with E-state index in [2.05, 4.69) is 41.0 Å². The topological polar surface area (TPSA) is 99.3 Å². The second kappa shape index (κ2) is 17.6. The van der Waals surface area contributed by atoms with Gasteiger partial charge in [0.15, 0.2) is 0 Å². The second-order valence-electron chi connectivity index (χ2n) is 7.83. The van der Waals surface area contributed by atoms with Crippen molar-refractivity contribution in [3.8, 4) is 0 Å². The first-order valence-corrected chi connectivity index (χ1v) is 12.6. The maximum Gasteiger partial charge on any atom is 3.00 e. The average molecular weight is 644 g/mol. The first-order valence-electron chi connectivity index (χ1n) is 11.8. The SMILES string of the molecule is C/C(=N\NC([S-])=Nc1ccc(F)cc1)c1ccccn1.C/C(=N\NC([S-])=Nc1ccc(F)cc1)c1ccccn1.[Ga+3]. The molecule has 4 aromatic rings. The van der Waals surface area contributed by atoms with Gasteiger partial charge in [0.1, 0.15) is 11.6 Å². The van der Waals surface area contributed by atoms with Crippen molar-refractivity contribution < 1.29 is 8.78 Å². The monoisotopic (exact) mass is 643 g/mol. The molecular weight excluding hydrogens is 620 g/mol. The summed E-state index contributed by atoms with van der Waals surface area (Å²) in [6.45, 7) is 3.63. The molecule has 2 aromatic carbocycles. The molecule has 0 aliphatic rings. The van der Waals surface area contributed by atoms with Crippen LogP contribution in [-0.2, 0) is 25.3 Å². The summed E-state index contributed by atoms with van der Waals surface area (Å²) < 4.78 is 25.5. The zero-order valence-corrected chi connectivity index (χ0v) is 26.1. The van der Waals surface area contributed by atoms with Crippen molar-refractivity contribution in [2.24, 2.45) is 20.2 Å². The number of nitrogens with zero attached hydrogens (tertiary/aromatic N) is 6. The van der Waals surface area contributed by atoms with Gasteiger partial charge in [-0.25, -0.2) is 8.78 Å². The van der Waals surface area contributed by atoms with Gasteiger partial charge in [0.25, 0.3) is 0 Å². The average Bonchev–Trinajstić information content (AvgIpc) is 2.98. The maximum atomic E-state index is 12.7. The van der Waals surface area contributed by atoms with Gasteiger partial charge in [-0.15, -0.1) is 0 Å². The van der Waals surface area contributed by atoms with Crippen molar-refractivity contribution in [3.63, 3.8) is 0 Å². The van der Waals surface area contributed by atoms with Crippen LogP contribution >= 0.6 is 0 Å². The van der Waals surface area contributed by atoms with Crippen LogP contribution in [0.3, 0.4) is 0 Å². The zero-order valence-electron chi connectivity index (χ0n) is 22.1. The van der Waals surface area contributed by atoms with Crippen molar-refractivity contribution in [1.29, 1.82) is 0 Å². The molecule has 0 saturated carbocycles. The van der Waals surface area contributed by atoms with Crippen LogP contribution in [0, 0.1) is 11.6 Å². The van der Waals surface area contributed by atoms with Gasteiger partial charge >= 0.3 is 19.8 Å². The van der Waals surface area contributed by atoms with E-state index >= 15 is 0 Å². The summed E-state index contributed by atoms with van der Waals surface area (Å²) in [7, 11) is 0. The summed E-state index contributed by atoms with van der Waals surface area (Å²) in [4.78, 5) is 16.5. The van der Waals surface area contributed by atoms with E-state index in [1.54, 1.807) is 36.7 Å². The van der Waals surface area contributed by atoms with E-state index in [1.807, 2.05) is 50.2 Å². The molecule has 0 radical (unpaired) electrons. The van der Waals surface area contributed by atoms with Crippen LogP contribution in [0.25, 0.3) is 0 Å². The zero-order chi connectivity index (χ0) is 28.7. The van der Waals surface area contributed by atoms with Crippen molar-refractivity contribution in [2.45, 2.75) is 13.8 Å². The summed E-state index contributed by atoms with van der Waals surface area (Å²) in [6.07, 6.45) is 3.38. The number of hydrogen-bond acceptors (Lipinski definition) is 8. The van der Waals surface area contributed by atoms with E-state index in [4.69, 9.17) is 25.3 Å². The molecule has 13 heteroatoms. The maximum absolute atomic E-state index is 12.7. The molecule has 2 N–H and O–H groups in total. The molecule has 0 atom stereocenters. The number of benzene rings is 2. The quantitative estimate of drug-likeness (QED) is 0.0991. The predicted octanol–water partition coefficient (Wildman–Crippen LogP) is 5.16. The number of aromatic nitrogens is 2. The third-order valence-electron chi connectivity index (χ3n) is 4.82. The van der Waals surface area contributed by atoms with E-state index in [0.717, 1.165) is 11.4 Å². The van der Waals surface area contributed by atoms with Gasteiger partial charge in [-0.2, -0.15) is 10.2 Å². The Morgan fingerprint density at radius 3 is 1.29 bits per heavy atom. The molecular formula is C28H24F2GaN8S2+. The minimum absolute atomic E-state index is 0. The molecule has 4 rings (SSSR count). The van der Waals surface area contributed by atoms with Crippen LogP contribution < -0.4 is 10.9 Å². The standard InChI is InChI=1S/2C14H13FN4S.Ga/c2*1-10(13-4-2-3-9-16-13)18-19-14(20)17-12-7-5-11(15)6-8-12;/h2*2-9H,1H3,(H2,17,19,20);/q;;+3/p-2/b2*18-10+;. The fraction of sp³-hybridized carbons (Fsp3) is 0.0714. The number of hydrazone groups is 2. The molecule has 0 bridgehead atoms. The van der Waals surface area contributed by atoms with Crippen molar-refractivity contribution in [3.05, 3.63) is 120 Å². The molecule has 204 valence electrons. The molecule has 0 aliphatic heterocycles. The van der Waals surface area contributed by atoms with E-state index in [9.17, 15) is 8.78 Å². The van der Waals surface area contributed by atoms with Crippen LogP contribution in [0.5, 0.6) is 0 Å². The third-order valence-corrected chi connectivity index (χ3v) is 5.19. The number of nitrogens with one attached hydrogen (secondary N) is 2. The van der Waals surface area contributed by atoms with Crippen molar-refractivity contribution >= 4 is 78.2 Å². The van der Waals surface area contributed by atoms with Crippen LogP contribution in [0.1, 0.15) is 25.2 Å². The molecule has 0 saturated heterocycles. The Labute approximate surface area is 261 Å². The van der Waals surface area contributed by atoms with Crippen molar-refractivity contribution in [1.82, 2.24) is 20.8 Å². The summed E-state index contributed by atoms with van der Waals surface area (Å²) in [6, 6.07) is 22.6. The number of rotatable bonds is 6. The van der Waals surface area contributed by atoms with E-state index in [0.29, 0.717) is 22.8 Å². The van der Waals surface area contributed by atoms with Crippen LogP contribution in [0.2, 0.25) is 0 Å². The minimum Gasteiger partial charge on any atom is -0.741 e. The van der Waals surface area contributed by atoms with Gasteiger partial charge in [0.2, 0.25) is 0 Å². The number of pyridine rings is 2. The van der Waals surface area contributed by atoms with Gasteiger partial charge in [0.05, 0.1) is 34.2 Å². The smallest absolute Gasteiger partial charge is 0.741 e. The number of amidine groups is 2. The van der Waals surface area contributed by atoms with Gasteiger partial charge in [-0.3, -0.25) is 30.8 Å². The van der Waals surface area contributed by atoms with Crippen LogP contribution in [-0.4, -0.2) is 51.5 Å². The number of halogens is 2. The normalized spacial score (nSPS) is 12.0. The Bertz CT molecular complexity index is 1370. The van der Waals surface area contributed by atoms with Gasteiger partial charge in [-0.05, 0) is 86.6 Å².